The van der Waals surface area contributed by atoms with Crippen LogP contribution in [0.2, 0.25) is 0 Å². The number of carbonyl (C=O) groups excluding carboxylic acids is 1. The summed E-state index contributed by atoms with van der Waals surface area (Å²) in [5.41, 5.74) is 0.925. The van der Waals surface area contributed by atoms with Crippen LogP contribution in [-0.4, -0.2) is 54.3 Å². The SMILES string of the molecule is O=C(OCc1ccccc1)N1CC2(CC1CO)OCCO2. The van der Waals surface area contributed by atoms with Gasteiger partial charge in [-0.1, -0.05) is 30.3 Å². The van der Waals surface area contributed by atoms with Gasteiger partial charge in [-0.15, -0.1) is 0 Å². The van der Waals surface area contributed by atoms with Gasteiger partial charge in [0.15, 0.2) is 5.79 Å². The van der Waals surface area contributed by atoms with Gasteiger partial charge in [-0.25, -0.2) is 4.79 Å². The number of aliphatic hydroxyl groups is 1. The molecule has 114 valence electrons. The van der Waals surface area contributed by atoms with Gasteiger partial charge in [0.05, 0.1) is 32.4 Å². The summed E-state index contributed by atoms with van der Waals surface area (Å²) in [6.45, 7) is 1.42. The first-order chi connectivity index (χ1) is 10.2. The van der Waals surface area contributed by atoms with Crippen LogP contribution in [0, 0.1) is 0 Å². The maximum Gasteiger partial charge on any atom is 0.410 e. The third-order valence-electron chi connectivity index (χ3n) is 3.86. The number of likely N-dealkylation sites (tertiary alicyclic amines) is 1. The second-order valence-electron chi connectivity index (χ2n) is 5.32. The van der Waals surface area contributed by atoms with E-state index in [9.17, 15) is 9.90 Å². The van der Waals surface area contributed by atoms with Gasteiger partial charge in [0.2, 0.25) is 0 Å². The molecule has 1 N–H and O–H groups in total. The van der Waals surface area contributed by atoms with Crippen LogP contribution in [0.1, 0.15) is 12.0 Å². The van der Waals surface area contributed by atoms with Crippen LogP contribution >= 0.6 is 0 Å². The number of aliphatic hydroxyl groups excluding tert-OH is 1. The van der Waals surface area contributed by atoms with Crippen LogP contribution in [0.3, 0.4) is 0 Å². The van der Waals surface area contributed by atoms with E-state index in [1.54, 1.807) is 0 Å². The summed E-state index contributed by atoms with van der Waals surface area (Å²) in [5.74, 6) is -0.765. The molecular formula is C15H19NO5. The standard InChI is InChI=1S/C15H19NO5/c17-9-13-8-15(20-6-7-21-15)11-16(13)14(18)19-10-12-4-2-1-3-5-12/h1-5,13,17H,6-11H2. The summed E-state index contributed by atoms with van der Waals surface area (Å²) in [6, 6.07) is 9.16. The van der Waals surface area contributed by atoms with E-state index >= 15 is 0 Å². The molecule has 1 aromatic rings. The lowest BCUT2D eigenvalue weighted by Gasteiger charge is -2.23. The zero-order valence-electron chi connectivity index (χ0n) is 11.7. The molecular weight excluding hydrogens is 274 g/mol. The molecule has 2 aliphatic heterocycles. The number of amides is 1. The number of hydrogen-bond acceptors (Lipinski definition) is 5. The van der Waals surface area contributed by atoms with Gasteiger partial charge in [-0.2, -0.15) is 0 Å². The molecule has 1 atom stereocenters. The van der Waals surface area contributed by atoms with E-state index in [-0.39, 0.29) is 19.3 Å². The molecule has 2 fully saturated rings. The molecule has 1 unspecified atom stereocenters. The minimum atomic E-state index is -0.765. The molecule has 2 saturated heterocycles. The summed E-state index contributed by atoms with van der Waals surface area (Å²) in [6.07, 6.45) is 0.0260. The highest BCUT2D eigenvalue weighted by Gasteiger charge is 2.50. The predicted octanol–water partition coefficient (Wildman–Crippen LogP) is 1.13. The Hall–Kier alpha value is -1.63. The van der Waals surface area contributed by atoms with Crippen molar-refractivity contribution < 1.29 is 24.1 Å². The van der Waals surface area contributed by atoms with Crippen LogP contribution in [0.15, 0.2) is 30.3 Å². The van der Waals surface area contributed by atoms with Gasteiger partial charge >= 0.3 is 6.09 Å². The fraction of sp³-hybridized carbons (Fsp3) is 0.533. The van der Waals surface area contributed by atoms with Gasteiger partial charge < -0.3 is 19.3 Å². The quantitative estimate of drug-likeness (QED) is 0.905. The number of nitrogens with zero attached hydrogens (tertiary/aromatic N) is 1. The minimum absolute atomic E-state index is 0.130. The minimum Gasteiger partial charge on any atom is -0.445 e. The topological polar surface area (TPSA) is 68.2 Å². The second kappa shape index (κ2) is 6.01. The highest BCUT2D eigenvalue weighted by atomic mass is 16.7. The van der Waals surface area contributed by atoms with Crippen LogP contribution in [0.5, 0.6) is 0 Å². The average molecular weight is 293 g/mol. The summed E-state index contributed by atoms with van der Waals surface area (Å²) >= 11 is 0. The van der Waals surface area contributed by atoms with Crippen molar-refractivity contribution in [2.75, 3.05) is 26.4 Å². The Labute approximate surface area is 123 Å². The monoisotopic (exact) mass is 293 g/mol. The lowest BCUT2D eigenvalue weighted by molar-refractivity contribution is -0.145. The summed E-state index contributed by atoms with van der Waals surface area (Å²) in [5, 5.41) is 9.45. The molecule has 2 heterocycles. The number of rotatable bonds is 3. The third-order valence-corrected chi connectivity index (χ3v) is 3.86. The smallest absolute Gasteiger partial charge is 0.410 e. The van der Waals surface area contributed by atoms with Crippen LogP contribution < -0.4 is 0 Å². The van der Waals surface area contributed by atoms with Crippen molar-refractivity contribution in [2.24, 2.45) is 0 Å². The van der Waals surface area contributed by atoms with E-state index in [1.165, 1.54) is 4.90 Å². The van der Waals surface area contributed by atoms with Crippen molar-refractivity contribution in [3.8, 4) is 0 Å². The molecule has 3 rings (SSSR count). The highest BCUT2D eigenvalue weighted by molar-refractivity contribution is 5.68. The van der Waals surface area contributed by atoms with Crippen molar-refractivity contribution in [1.29, 1.82) is 0 Å². The lowest BCUT2D eigenvalue weighted by Crippen LogP contribution is -2.40. The van der Waals surface area contributed by atoms with Crippen molar-refractivity contribution in [3.05, 3.63) is 35.9 Å². The van der Waals surface area contributed by atoms with Crippen LogP contribution in [-0.2, 0) is 20.8 Å². The van der Waals surface area contributed by atoms with E-state index in [0.717, 1.165) is 5.56 Å². The van der Waals surface area contributed by atoms with Gasteiger partial charge in [-0.05, 0) is 5.56 Å². The molecule has 2 aliphatic rings. The highest BCUT2D eigenvalue weighted by Crippen LogP contribution is 2.34. The first-order valence-electron chi connectivity index (χ1n) is 7.08. The summed E-state index contributed by atoms with van der Waals surface area (Å²) in [7, 11) is 0. The summed E-state index contributed by atoms with van der Waals surface area (Å²) in [4.78, 5) is 13.7. The van der Waals surface area contributed by atoms with Crippen molar-refractivity contribution >= 4 is 6.09 Å². The molecule has 0 saturated carbocycles. The number of benzene rings is 1. The van der Waals surface area contributed by atoms with E-state index < -0.39 is 11.9 Å². The second-order valence-corrected chi connectivity index (χ2v) is 5.32. The Bertz CT molecular complexity index is 486. The predicted molar refractivity (Wildman–Crippen MR) is 73.5 cm³/mol. The van der Waals surface area contributed by atoms with Crippen molar-refractivity contribution in [1.82, 2.24) is 4.90 Å². The molecule has 1 spiro atoms. The zero-order valence-corrected chi connectivity index (χ0v) is 11.7. The van der Waals surface area contributed by atoms with Crippen LogP contribution in [0.4, 0.5) is 4.79 Å². The Balaban J connectivity index is 1.60. The Morgan fingerprint density at radius 2 is 2.05 bits per heavy atom. The van der Waals surface area contributed by atoms with Gasteiger partial charge in [0.25, 0.3) is 0 Å². The number of carbonyl (C=O) groups is 1. The van der Waals surface area contributed by atoms with E-state index in [2.05, 4.69) is 0 Å². The fourth-order valence-electron chi connectivity index (χ4n) is 2.81. The van der Waals surface area contributed by atoms with E-state index in [4.69, 9.17) is 14.2 Å². The molecule has 6 nitrogen and oxygen atoms in total. The average Bonchev–Trinajstić information content (AvgIpc) is 3.13. The fourth-order valence-corrected chi connectivity index (χ4v) is 2.81. The van der Waals surface area contributed by atoms with Crippen LogP contribution in [0.25, 0.3) is 0 Å². The normalized spacial score (nSPS) is 23.7. The number of ether oxygens (including phenoxy) is 3. The molecule has 1 amide bonds. The maximum atomic E-state index is 12.2. The van der Waals surface area contributed by atoms with Gasteiger partial charge in [0.1, 0.15) is 6.61 Å². The Kier molecular flexibility index (Phi) is 4.10. The Morgan fingerprint density at radius 3 is 2.71 bits per heavy atom. The molecule has 6 heteroatoms. The molecule has 0 aliphatic carbocycles. The molecule has 0 radical (unpaired) electrons. The first kappa shape index (κ1) is 14.3. The maximum absolute atomic E-state index is 12.2. The van der Waals surface area contributed by atoms with E-state index in [0.29, 0.717) is 26.2 Å². The largest absolute Gasteiger partial charge is 0.445 e. The molecule has 0 bridgehead atoms. The lowest BCUT2D eigenvalue weighted by atomic mass is 10.2. The third kappa shape index (κ3) is 3.02. The molecule has 21 heavy (non-hydrogen) atoms. The summed E-state index contributed by atoms with van der Waals surface area (Å²) < 4.78 is 16.5. The van der Waals surface area contributed by atoms with Gasteiger partial charge in [-0.3, -0.25) is 4.90 Å². The van der Waals surface area contributed by atoms with Crippen molar-refractivity contribution in [3.63, 3.8) is 0 Å². The van der Waals surface area contributed by atoms with Crippen molar-refractivity contribution in [2.45, 2.75) is 24.9 Å². The van der Waals surface area contributed by atoms with E-state index in [1.807, 2.05) is 30.3 Å². The first-order valence-corrected chi connectivity index (χ1v) is 7.08. The van der Waals surface area contributed by atoms with Gasteiger partial charge in [0, 0.05) is 6.42 Å². The zero-order chi connectivity index (χ0) is 14.7. The Morgan fingerprint density at radius 1 is 1.33 bits per heavy atom. The number of hydrogen-bond donors (Lipinski definition) is 1. The molecule has 1 aromatic carbocycles. The molecule has 0 aromatic heterocycles.